The van der Waals surface area contributed by atoms with E-state index in [4.69, 9.17) is 4.74 Å². The summed E-state index contributed by atoms with van der Waals surface area (Å²) in [6.45, 7) is 9.83. The van der Waals surface area contributed by atoms with E-state index in [0.29, 0.717) is 0 Å². The first-order valence-electron chi connectivity index (χ1n) is 6.16. The lowest BCUT2D eigenvalue weighted by Crippen LogP contribution is -2.35. The Morgan fingerprint density at radius 3 is 2.50 bits per heavy atom. The summed E-state index contributed by atoms with van der Waals surface area (Å²) in [5, 5.41) is 0. The molecule has 1 saturated heterocycles. The van der Waals surface area contributed by atoms with Crippen molar-refractivity contribution < 1.29 is 4.74 Å². The van der Waals surface area contributed by atoms with Crippen LogP contribution in [-0.4, -0.2) is 37.7 Å². The van der Waals surface area contributed by atoms with Crippen LogP contribution in [0.15, 0.2) is 0 Å². The Morgan fingerprint density at radius 2 is 1.93 bits per heavy atom. The fourth-order valence-electron chi connectivity index (χ4n) is 2.24. The standard InChI is InChI=1S/C12H25NO/c1-3-5-12-6-8-13(9-7-12)10-11-14-4-2/h12H,3-11H2,1-2H3. The molecule has 1 aliphatic rings. The second-order valence-electron chi connectivity index (χ2n) is 4.27. The number of ether oxygens (including phenoxy) is 1. The summed E-state index contributed by atoms with van der Waals surface area (Å²) in [5.74, 6) is 1.00. The molecule has 0 radical (unpaired) electrons. The molecule has 0 unspecified atom stereocenters. The average Bonchev–Trinajstić information content (AvgIpc) is 2.21. The minimum atomic E-state index is 0.853. The first kappa shape index (κ1) is 12.0. The van der Waals surface area contributed by atoms with Crippen molar-refractivity contribution in [3.8, 4) is 0 Å². The van der Waals surface area contributed by atoms with Crippen molar-refractivity contribution in [1.29, 1.82) is 0 Å². The summed E-state index contributed by atoms with van der Waals surface area (Å²) in [6.07, 6.45) is 5.59. The third-order valence-corrected chi connectivity index (χ3v) is 3.16. The number of hydrogen-bond donors (Lipinski definition) is 0. The van der Waals surface area contributed by atoms with Crippen molar-refractivity contribution in [2.24, 2.45) is 5.92 Å². The first-order chi connectivity index (χ1) is 6.86. The van der Waals surface area contributed by atoms with Crippen LogP contribution in [0.3, 0.4) is 0 Å². The highest BCUT2D eigenvalue weighted by Gasteiger charge is 2.17. The molecule has 0 aromatic rings. The van der Waals surface area contributed by atoms with Crippen LogP contribution in [0.5, 0.6) is 0 Å². The van der Waals surface area contributed by atoms with Gasteiger partial charge in [0.25, 0.3) is 0 Å². The molecule has 0 aromatic carbocycles. The summed E-state index contributed by atoms with van der Waals surface area (Å²) in [5.41, 5.74) is 0. The number of likely N-dealkylation sites (tertiary alicyclic amines) is 1. The molecule has 1 aliphatic heterocycles. The van der Waals surface area contributed by atoms with Crippen LogP contribution in [0.4, 0.5) is 0 Å². The molecule has 0 aromatic heterocycles. The van der Waals surface area contributed by atoms with Crippen LogP contribution in [0.25, 0.3) is 0 Å². The van der Waals surface area contributed by atoms with Crippen LogP contribution in [0.1, 0.15) is 39.5 Å². The van der Waals surface area contributed by atoms with Gasteiger partial charge in [0.15, 0.2) is 0 Å². The van der Waals surface area contributed by atoms with Gasteiger partial charge in [-0.3, -0.25) is 0 Å². The highest BCUT2D eigenvalue weighted by molar-refractivity contribution is 4.71. The van der Waals surface area contributed by atoms with E-state index in [2.05, 4.69) is 18.7 Å². The first-order valence-corrected chi connectivity index (χ1v) is 6.16. The van der Waals surface area contributed by atoms with E-state index in [0.717, 1.165) is 25.7 Å². The van der Waals surface area contributed by atoms with Gasteiger partial charge in [0, 0.05) is 13.2 Å². The van der Waals surface area contributed by atoms with E-state index in [9.17, 15) is 0 Å². The highest BCUT2D eigenvalue weighted by atomic mass is 16.5. The molecule has 2 nitrogen and oxygen atoms in total. The van der Waals surface area contributed by atoms with E-state index in [1.165, 1.54) is 38.8 Å². The second-order valence-corrected chi connectivity index (χ2v) is 4.27. The Bertz CT molecular complexity index is 130. The SMILES string of the molecule is CCCC1CCN(CCOCC)CC1. The molecule has 0 saturated carbocycles. The largest absolute Gasteiger partial charge is 0.380 e. The molecule has 1 fully saturated rings. The van der Waals surface area contributed by atoms with Crippen LogP contribution in [0.2, 0.25) is 0 Å². The van der Waals surface area contributed by atoms with Crippen molar-refractivity contribution in [3.63, 3.8) is 0 Å². The molecule has 1 rings (SSSR count). The normalized spacial score (nSPS) is 20.1. The van der Waals surface area contributed by atoms with Gasteiger partial charge in [-0.15, -0.1) is 0 Å². The Hall–Kier alpha value is -0.0800. The fraction of sp³-hybridized carbons (Fsp3) is 1.00. The summed E-state index contributed by atoms with van der Waals surface area (Å²) in [7, 11) is 0. The maximum Gasteiger partial charge on any atom is 0.0593 e. The summed E-state index contributed by atoms with van der Waals surface area (Å²) >= 11 is 0. The molecule has 0 aliphatic carbocycles. The summed E-state index contributed by atoms with van der Waals surface area (Å²) in [4.78, 5) is 2.54. The minimum Gasteiger partial charge on any atom is -0.380 e. The molecule has 0 spiro atoms. The Morgan fingerprint density at radius 1 is 1.21 bits per heavy atom. The quantitative estimate of drug-likeness (QED) is 0.610. The fourth-order valence-corrected chi connectivity index (χ4v) is 2.24. The lowest BCUT2D eigenvalue weighted by Gasteiger charge is -2.31. The minimum absolute atomic E-state index is 0.853. The van der Waals surface area contributed by atoms with E-state index in [1.54, 1.807) is 0 Å². The van der Waals surface area contributed by atoms with E-state index < -0.39 is 0 Å². The smallest absolute Gasteiger partial charge is 0.0593 e. The number of rotatable bonds is 6. The van der Waals surface area contributed by atoms with Gasteiger partial charge >= 0.3 is 0 Å². The molecule has 14 heavy (non-hydrogen) atoms. The average molecular weight is 199 g/mol. The van der Waals surface area contributed by atoms with Crippen LogP contribution >= 0.6 is 0 Å². The van der Waals surface area contributed by atoms with E-state index in [1.807, 2.05) is 0 Å². The van der Waals surface area contributed by atoms with Gasteiger partial charge in [-0.05, 0) is 38.8 Å². The summed E-state index contributed by atoms with van der Waals surface area (Å²) < 4.78 is 5.37. The van der Waals surface area contributed by atoms with Crippen molar-refractivity contribution >= 4 is 0 Å². The Balaban J connectivity index is 2.03. The molecule has 0 amide bonds. The Labute approximate surface area is 88.6 Å². The lowest BCUT2D eigenvalue weighted by atomic mass is 9.92. The predicted molar refractivity (Wildman–Crippen MR) is 60.6 cm³/mol. The third-order valence-electron chi connectivity index (χ3n) is 3.16. The van der Waals surface area contributed by atoms with E-state index in [-0.39, 0.29) is 0 Å². The van der Waals surface area contributed by atoms with Gasteiger partial charge < -0.3 is 9.64 Å². The zero-order valence-electron chi connectivity index (χ0n) is 9.80. The van der Waals surface area contributed by atoms with Gasteiger partial charge in [0.1, 0.15) is 0 Å². The van der Waals surface area contributed by atoms with Gasteiger partial charge in [0.05, 0.1) is 6.61 Å². The summed E-state index contributed by atoms with van der Waals surface area (Å²) in [6, 6.07) is 0. The van der Waals surface area contributed by atoms with E-state index >= 15 is 0 Å². The number of nitrogens with zero attached hydrogens (tertiary/aromatic N) is 1. The number of piperidine rings is 1. The van der Waals surface area contributed by atoms with Gasteiger partial charge in [-0.1, -0.05) is 19.8 Å². The Kier molecular flexibility index (Phi) is 6.20. The molecule has 2 heteroatoms. The van der Waals surface area contributed by atoms with Crippen molar-refractivity contribution in [1.82, 2.24) is 4.90 Å². The number of hydrogen-bond acceptors (Lipinski definition) is 2. The molecule has 1 heterocycles. The van der Waals surface area contributed by atoms with Gasteiger partial charge in [-0.2, -0.15) is 0 Å². The molecule has 0 bridgehead atoms. The zero-order valence-corrected chi connectivity index (χ0v) is 9.80. The third kappa shape index (κ3) is 4.43. The molecular weight excluding hydrogens is 174 g/mol. The van der Waals surface area contributed by atoms with Crippen molar-refractivity contribution in [3.05, 3.63) is 0 Å². The maximum absolute atomic E-state index is 5.37. The molecule has 0 atom stereocenters. The molecule has 0 N–H and O–H groups in total. The lowest BCUT2D eigenvalue weighted by molar-refractivity contribution is 0.0946. The van der Waals surface area contributed by atoms with Gasteiger partial charge in [0.2, 0.25) is 0 Å². The molecular formula is C12H25NO. The maximum atomic E-state index is 5.37. The predicted octanol–water partition coefficient (Wildman–Crippen LogP) is 2.54. The van der Waals surface area contributed by atoms with Gasteiger partial charge in [-0.25, -0.2) is 0 Å². The second kappa shape index (κ2) is 7.24. The molecule has 84 valence electrons. The highest BCUT2D eigenvalue weighted by Crippen LogP contribution is 2.21. The van der Waals surface area contributed by atoms with Crippen LogP contribution in [-0.2, 0) is 4.74 Å². The van der Waals surface area contributed by atoms with Crippen LogP contribution in [0, 0.1) is 5.92 Å². The van der Waals surface area contributed by atoms with Crippen molar-refractivity contribution in [2.75, 3.05) is 32.8 Å². The van der Waals surface area contributed by atoms with Crippen LogP contribution < -0.4 is 0 Å². The van der Waals surface area contributed by atoms with Crippen molar-refractivity contribution in [2.45, 2.75) is 39.5 Å². The zero-order chi connectivity index (χ0) is 10.2. The topological polar surface area (TPSA) is 12.5 Å². The monoisotopic (exact) mass is 199 g/mol.